The highest BCUT2D eigenvalue weighted by Crippen LogP contribution is 2.17. The van der Waals surface area contributed by atoms with Gasteiger partial charge in [0, 0.05) is 38.9 Å². The Balaban J connectivity index is 1.44. The van der Waals surface area contributed by atoms with Gasteiger partial charge in [-0.2, -0.15) is 0 Å². The van der Waals surface area contributed by atoms with E-state index in [0.717, 1.165) is 57.2 Å². The van der Waals surface area contributed by atoms with E-state index in [4.69, 9.17) is 0 Å². The molecule has 0 aromatic carbocycles. The summed E-state index contributed by atoms with van der Waals surface area (Å²) in [6.07, 6.45) is 9.64. The van der Waals surface area contributed by atoms with E-state index in [1.54, 1.807) is 6.20 Å². The van der Waals surface area contributed by atoms with Crippen LogP contribution in [0.25, 0.3) is 0 Å². The summed E-state index contributed by atoms with van der Waals surface area (Å²) in [6.45, 7) is 5.78. The molecule has 2 aliphatic rings. The third-order valence-corrected chi connectivity index (χ3v) is 4.57. The van der Waals surface area contributed by atoms with Gasteiger partial charge in [0.2, 0.25) is 0 Å². The molecule has 6 nitrogen and oxygen atoms in total. The molecule has 2 heterocycles. The zero-order chi connectivity index (χ0) is 16.1. The average Bonchev–Trinajstić information content (AvgIpc) is 2.61. The van der Waals surface area contributed by atoms with Crippen LogP contribution in [-0.2, 0) is 0 Å². The molecule has 0 saturated carbocycles. The Labute approximate surface area is 137 Å². The summed E-state index contributed by atoms with van der Waals surface area (Å²) in [4.78, 5) is 25.0. The van der Waals surface area contributed by atoms with E-state index in [2.05, 4.69) is 32.3 Å². The summed E-state index contributed by atoms with van der Waals surface area (Å²) in [5, 5.41) is 3.09. The molecule has 124 valence electrons. The summed E-state index contributed by atoms with van der Waals surface area (Å²) < 4.78 is 0. The number of piperazine rings is 1. The molecule has 1 N–H and O–H groups in total. The molecule has 0 spiro atoms. The second-order valence-electron chi connectivity index (χ2n) is 6.27. The van der Waals surface area contributed by atoms with Crippen LogP contribution in [0.4, 0.5) is 10.6 Å². The Bertz CT molecular complexity index is 566. The van der Waals surface area contributed by atoms with Crippen LogP contribution in [0.15, 0.2) is 24.4 Å². The summed E-state index contributed by atoms with van der Waals surface area (Å²) >= 11 is 0. The van der Waals surface area contributed by atoms with Crippen molar-refractivity contribution >= 4 is 11.8 Å². The zero-order valence-corrected chi connectivity index (χ0v) is 13.7. The number of nitrogens with one attached hydrogen (secondary N) is 1. The number of nitrogens with zero attached hydrogens (tertiary/aromatic N) is 4. The topological polar surface area (TPSA) is 61.4 Å². The van der Waals surface area contributed by atoms with E-state index in [1.807, 2.05) is 17.9 Å². The first-order valence-electron chi connectivity index (χ1n) is 8.45. The molecule has 3 rings (SSSR count). The lowest BCUT2D eigenvalue weighted by Crippen LogP contribution is -2.52. The molecule has 1 aromatic heterocycles. The predicted molar refractivity (Wildman–Crippen MR) is 90.4 cm³/mol. The normalized spacial score (nSPS) is 21.3. The Kier molecular flexibility index (Phi) is 5.10. The number of allylic oxidation sites excluding steroid dienone is 2. The van der Waals surface area contributed by atoms with Crippen LogP contribution in [0, 0.1) is 12.8 Å². The fourth-order valence-electron chi connectivity index (χ4n) is 3.14. The molecule has 1 atom stereocenters. The maximum absolute atomic E-state index is 12.3. The van der Waals surface area contributed by atoms with E-state index >= 15 is 0 Å². The van der Waals surface area contributed by atoms with Crippen molar-refractivity contribution < 1.29 is 4.79 Å². The van der Waals surface area contributed by atoms with Gasteiger partial charge in [0.25, 0.3) is 0 Å². The fraction of sp³-hybridized carbons (Fsp3) is 0.588. The van der Waals surface area contributed by atoms with Gasteiger partial charge >= 0.3 is 6.03 Å². The largest absolute Gasteiger partial charge is 0.353 e. The van der Waals surface area contributed by atoms with Gasteiger partial charge in [-0.1, -0.05) is 12.2 Å². The van der Waals surface area contributed by atoms with E-state index in [1.165, 1.54) is 6.42 Å². The van der Waals surface area contributed by atoms with E-state index in [-0.39, 0.29) is 6.03 Å². The highest BCUT2D eigenvalue weighted by molar-refractivity contribution is 5.74. The SMILES string of the molecule is Cc1nccc(N2CCN(C(=O)NCC3CC=CCC3)CC2)n1. The molecule has 1 aromatic rings. The van der Waals surface area contributed by atoms with Crippen LogP contribution < -0.4 is 10.2 Å². The van der Waals surface area contributed by atoms with Crippen molar-refractivity contribution in [3.05, 3.63) is 30.2 Å². The monoisotopic (exact) mass is 315 g/mol. The lowest BCUT2D eigenvalue weighted by atomic mass is 9.94. The number of aryl methyl sites for hydroxylation is 1. The highest BCUT2D eigenvalue weighted by Gasteiger charge is 2.22. The van der Waals surface area contributed by atoms with E-state index in [9.17, 15) is 4.79 Å². The third-order valence-electron chi connectivity index (χ3n) is 4.57. The molecule has 0 bridgehead atoms. The lowest BCUT2D eigenvalue weighted by Gasteiger charge is -2.35. The Morgan fingerprint density at radius 3 is 2.83 bits per heavy atom. The predicted octanol–water partition coefficient (Wildman–Crippen LogP) is 1.97. The zero-order valence-electron chi connectivity index (χ0n) is 13.7. The summed E-state index contributed by atoms with van der Waals surface area (Å²) in [6, 6.07) is 2.00. The number of rotatable bonds is 3. The van der Waals surface area contributed by atoms with Crippen molar-refractivity contribution in [2.75, 3.05) is 37.6 Å². The van der Waals surface area contributed by atoms with Crippen molar-refractivity contribution in [2.45, 2.75) is 26.2 Å². The maximum Gasteiger partial charge on any atom is 0.317 e. The molecule has 1 unspecified atom stereocenters. The molecule has 1 aliphatic heterocycles. The van der Waals surface area contributed by atoms with Gasteiger partial charge < -0.3 is 15.1 Å². The summed E-state index contributed by atoms with van der Waals surface area (Å²) in [5.74, 6) is 2.32. The number of amides is 2. The van der Waals surface area contributed by atoms with Crippen molar-refractivity contribution in [1.29, 1.82) is 0 Å². The quantitative estimate of drug-likeness (QED) is 0.866. The van der Waals surface area contributed by atoms with Crippen molar-refractivity contribution in [1.82, 2.24) is 20.2 Å². The minimum atomic E-state index is 0.0677. The number of hydrogen-bond donors (Lipinski definition) is 1. The Hall–Kier alpha value is -2.11. The summed E-state index contributed by atoms with van der Waals surface area (Å²) in [7, 11) is 0. The highest BCUT2D eigenvalue weighted by atomic mass is 16.2. The molecule has 1 saturated heterocycles. The maximum atomic E-state index is 12.3. The molecule has 6 heteroatoms. The van der Waals surface area contributed by atoms with Gasteiger partial charge in [-0.05, 0) is 38.2 Å². The van der Waals surface area contributed by atoms with Gasteiger partial charge in [-0.3, -0.25) is 0 Å². The van der Waals surface area contributed by atoms with Crippen molar-refractivity contribution in [2.24, 2.45) is 5.92 Å². The first-order valence-corrected chi connectivity index (χ1v) is 8.45. The number of aromatic nitrogens is 2. The summed E-state index contributed by atoms with van der Waals surface area (Å²) in [5.41, 5.74) is 0. The number of urea groups is 1. The number of carbonyl (C=O) groups is 1. The van der Waals surface area contributed by atoms with Crippen LogP contribution >= 0.6 is 0 Å². The lowest BCUT2D eigenvalue weighted by molar-refractivity contribution is 0.192. The third kappa shape index (κ3) is 4.21. The first-order chi connectivity index (χ1) is 11.2. The second kappa shape index (κ2) is 7.44. The van der Waals surface area contributed by atoms with E-state index < -0.39 is 0 Å². The molecule has 2 amide bonds. The Morgan fingerprint density at radius 1 is 1.30 bits per heavy atom. The molecular weight excluding hydrogens is 290 g/mol. The van der Waals surface area contributed by atoms with E-state index in [0.29, 0.717) is 5.92 Å². The number of carbonyl (C=O) groups excluding carboxylic acids is 1. The molecule has 23 heavy (non-hydrogen) atoms. The minimum absolute atomic E-state index is 0.0677. The van der Waals surface area contributed by atoms with Crippen LogP contribution in [-0.4, -0.2) is 53.6 Å². The Morgan fingerprint density at radius 2 is 2.13 bits per heavy atom. The fourth-order valence-corrected chi connectivity index (χ4v) is 3.14. The molecule has 1 fully saturated rings. The van der Waals surface area contributed by atoms with Gasteiger partial charge in [0.1, 0.15) is 11.6 Å². The number of anilines is 1. The average molecular weight is 315 g/mol. The molecular formula is C17H25N5O. The van der Waals surface area contributed by atoms with Gasteiger partial charge in [-0.25, -0.2) is 14.8 Å². The number of hydrogen-bond acceptors (Lipinski definition) is 4. The van der Waals surface area contributed by atoms with Crippen molar-refractivity contribution in [3.63, 3.8) is 0 Å². The molecule has 1 aliphatic carbocycles. The van der Waals surface area contributed by atoms with Gasteiger partial charge in [0.15, 0.2) is 0 Å². The molecule has 0 radical (unpaired) electrons. The van der Waals surface area contributed by atoms with Gasteiger partial charge in [-0.15, -0.1) is 0 Å². The first kappa shape index (κ1) is 15.8. The smallest absolute Gasteiger partial charge is 0.317 e. The van der Waals surface area contributed by atoms with Gasteiger partial charge in [0.05, 0.1) is 0 Å². The van der Waals surface area contributed by atoms with Crippen LogP contribution in [0.1, 0.15) is 25.1 Å². The van der Waals surface area contributed by atoms with Crippen LogP contribution in [0.2, 0.25) is 0 Å². The standard InChI is InChI=1S/C17H25N5O/c1-14-18-8-7-16(20-14)21-9-11-22(12-10-21)17(23)19-13-15-5-3-2-4-6-15/h2-3,7-8,15H,4-6,9-13H2,1H3,(H,19,23). The van der Waals surface area contributed by atoms with Crippen LogP contribution in [0.5, 0.6) is 0 Å². The van der Waals surface area contributed by atoms with Crippen molar-refractivity contribution in [3.8, 4) is 0 Å². The second-order valence-corrected chi connectivity index (χ2v) is 6.27. The minimum Gasteiger partial charge on any atom is -0.353 e. The van der Waals surface area contributed by atoms with Crippen LogP contribution in [0.3, 0.4) is 0 Å².